The molecule has 152 valence electrons. The molecule has 1 aliphatic heterocycles. The SMILES string of the molecule is CCc1ccc(Cc2nc([C@@H]3OC(CO)[C@@H](O)[C@H](O)[C@H]3O)c(Cl)nc2Cl)cc1. The summed E-state index contributed by atoms with van der Waals surface area (Å²) < 4.78 is 5.53. The minimum absolute atomic E-state index is 0.0839. The molecule has 3 rings (SSSR count). The van der Waals surface area contributed by atoms with Crippen LogP contribution in [0.4, 0.5) is 0 Å². The Bertz CT molecular complexity index is 819. The van der Waals surface area contributed by atoms with Crippen LogP contribution in [0.25, 0.3) is 0 Å². The third kappa shape index (κ3) is 4.31. The largest absolute Gasteiger partial charge is 0.394 e. The molecule has 1 fully saturated rings. The Labute approximate surface area is 172 Å². The topological polar surface area (TPSA) is 116 Å². The molecular weight excluding hydrogens is 407 g/mol. The predicted molar refractivity (Wildman–Crippen MR) is 103 cm³/mol. The molecule has 4 N–H and O–H groups in total. The van der Waals surface area contributed by atoms with Gasteiger partial charge in [0.15, 0.2) is 10.3 Å². The van der Waals surface area contributed by atoms with Gasteiger partial charge in [-0.15, -0.1) is 0 Å². The maximum atomic E-state index is 10.3. The Morgan fingerprint density at radius 1 is 0.929 bits per heavy atom. The molecule has 1 aromatic carbocycles. The Balaban J connectivity index is 1.92. The average molecular weight is 429 g/mol. The second kappa shape index (κ2) is 9.00. The summed E-state index contributed by atoms with van der Waals surface area (Å²) in [7, 11) is 0. The van der Waals surface area contributed by atoms with E-state index in [1.807, 2.05) is 24.3 Å². The maximum Gasteiger partial charge on any atom is 0.155 e. The van der Waals surface area contributed by atoms with Crippen molar-refractivity contribution in [2.75, 3.05) is 6.61 Å². The zero-order valence-corrected chi connectivity index (χ0v) is 16.7. The number of aromatic nitrogens is 2. The van der Waals surface area contributed by atoms with Crippen molar-refractivity contribution < 1.29 is 25.2 Å². The van der Waals surface area contributed by atoms with Crippen LogP contribution >= 0.6 is 23.2 Å². The molecule has 1 aromatic heterocycles. The molecule has 1 unspecified atom stereocenters. The summed E-state index contributed by atoms with van der Waals surface area (Å²) in [5, 5.41) is 39.7. The summed E-state index contributed by atoms with van der Waals surface area (Å²) in [6.07, 6.45) is -5.42. The first kappa shape index (κ1) is 21.4. The van der Waals surface area contributed by atoms with Crippen LogP contribution in [0.5, 0.6) is 0 Å². The molecule has 28 heavy (non-hydrogen) atoms. The number of ether oxygens (including phenoxy) is 1. The van der Waals surface area contributed by atoms with Gasteiger partial charge in [0.05, 0.1) is 12.3 Å². The number of hydrogen-bond donors (Lipinski definition) is 4. The van der Waals surface area contributed by atoms with Crippen LogP contribution < -0.4 is 0 Å². The number of benzene rings is 1. The highest BCUT2D eigenvalue weighted by molar-refractivity contribution is 6.33. The zero-order valence-electron chi connectivity index (χ0n) is 15.2. The molecule has 0 spiro atoms. The van der Waals surface area contributed by atoms with Crippen molar-refractivity contribution in [1.29, 1.82) is 0 Å². The third-order valence-electron chi connectivity index (χ3n) is 4.87. The lowest BCUT2D eigenvalue weighted by Gasteiger charge is -2.39. The summed E-state index contributed by atoms with van der Waals surface area (Å²) in [5.74, 6) is 0. The van der Waals surface area contributed by atoms with Crippen LogP contribution in [0.1, 0.15) is 35.5 Å². The Kier molecular flexibility index (Phi) is 6.88. The van der Waals surface area contributed by atoms with E-state index >= 15 is 0 Å². The van der Waals surface area contributed by atoms with Gasteiger partial charge in [0.2, 0.25) is 0 Å². The molecule has 7 nitrogen and oxygen atoms in total. The molecule has 1 saturated heterocycles. The van der Waals surface area contributed by atoms with Crippen molar-refractivity contribution in [2.45, 2.75) is 50.3 Å². The van der Waals surface area contributed by atoms with Crippen molar-refractivity contribution in [3.63, 3.8) is 0 Å². The first-order chi connectivity index (χ1) is 13.3. The van der Waals surface area contributed by atoms with Gasteiger partial charge >= 0.3 is 0 Å². The van der Waals surface area contributed by atoms with Crippen molar-refractivity contribution in [1.82, 2.24) is 9.97 Å². The monoisotopic (exact) mass is 428 g/mol. The van der Waals surface area contributed by atoms with Crippen molar-refractivity contribution in [2.24, 2.45) is 0 Å². The van der Waals surface area contributed by atoms with E-state index in [-0.39, 0.29) is 16.0 Å². The average Bonchev–Trinajstić information content (AvgIpc) is 2.69. The van der Waals surface area contributed by atoms with Crippen molar-refractivity contribution in [3.8, 4) is 0 Å². The summed E-state index contributed by atoms with van der Waals surface area (Å²) in [5.41, 5.74) is 2.69. The van der Waals surface area contributed by atoms with Gasteiger partial charge in [0.1, 0.15) is 36.2 Å². The molecule has 1 aliphatic rings. The quantitative estimate of drug-likeness (QED) is 0.569. The summed E-state index contributed by atoms with van der Waals surface area (Å²) in [4.78, 5) is 8.50. The third-order valence-corrected chi connectivity index (χ3v) is 5.45. The van der Waals surface area contributed by atoms with E-state index in [2.05, 4.69) is 16.9 Å². The summed E-state index contributed by atoms with van der Waals surface area (Å²) >= 11 is 12.4. The minimum atomic E-state index is -1.53. The molecule has 0 bridgehead atoms. The molecule has 5 atom stereocenters. The van der Waals surface area contributed by atoms with Gasteiger partial charge in [-0.05, 0) is 17.5 Å². The standard InChI is InChI=1S/C19H22Cl2N2O5/c1-2-9-3-5-10(6-4-9)7-11-18(20)23-19(21)13(22-11)17-16(27)15(26)14(25)12(8-24)28-17/h3-6,12,14-17,24-27H,2,7-8H2,1H3/t12?,14-,15+,16-,17+/m1/s1. The second-order valence-electron chi connectivity index (χ2n) is 6.73. The summed E-state index contributed by atoms with van der Waals surface area (Å²) in [6, 6.07) is 7.98. The van der Waals surface area contributed by atoms with Gasteiger partial charge in [0.25, 0.3) is 0 Å². The van der Waals surface area contributed by atoms with Crippen LogP contribution in [-0.4, -0.2) is 61.4 Å². The van der Waals surface area contributed by atoms with Gasteiger partial charge in [-0.3, -0.25) is 0 Å². The van der Waals surface area contributed by atoms with Crippen molar-refractivity contribution >= 4 is 23.2 Å². The molecular formula is C19H22Cl2N2O5. The lowest BCUT2D eigenvalue weighted by atomic mass is 9.93. The maximum absolute atomic E-state index is 10.3. The van der Waals surface area contributed by atoms with E-state index in [9.17, 15) is 20.4 Å². The predicted octanol–water partition coefficient (Wildman–Crippen LogP) is 1.45. The zero-order chi connectivity index (χ0) is 20.4. The number of aliphatic hydroxyl groups excluding tert-OH is 4. The van der Waals surface area contributed by atoms with Crippen LogP contribution in [0.2, 0.25) is 10.3 Å². The van der Waals surface area contributed by atoms with E-state index in [1.165, 1.54) is 5.56 Å². The fraction of sp³-hybridized carbons (Fsp3) is 0.474. The molecule has 0 saturated carbocycles. The second-order valence-corrected chi connectivity index (χ2v) is 7.45. The highest BCUT2D eigenvalue weighted by Gasteiger charge is 2.45. The van der Waals surface area contributed by atoms with Gasteiger partial charge in [-0.2, -0.15) is 0 Å². The fourth-order valence-corrected chi connectivity index (χ4v) is 3.62. The molecule has 0 radical (unpaired) electrons. The first-order valence-corrected chi connectivity index (χ1v) is 9.71. The first-order valence-electron chi connectivity index (χ1n) is 8.95. The Morgan fingerprint density at radius 2 is 1.57 bits per heavy atom. The fourth-order valence-electron chi connectivity index (χ4n) is 3.15. The van der Waals surface area contributed by atoms with E-state index in [4.69, 9.17) is 27.9 Å². The highest BCUT2D eigenvalue weighted by atomic mass is 35.5. The van der Waals surface area contributed by atoms with E-state index in [0.29, 0.717) is 12.1 Å². The lowest BCUT2D eigenvalue weighted by Crippen LogP contribution is -2.55. The van der Waals surface area contributed by atoms with E-state index in [1.54, 1.807) is 0 Å². The molecule has 2 heterocycles. The smallest absolute Gasteiger partial charge is 0.155 e. The number of aliphatic hydroxyl groups is 4. The van der Waals surface area contributed by atoms with E-state index in [0.717, 1.165) is 12.0 Å². The molecule has 9 heteroatoms. The van der Waals surface area contributed by atoms with Crippen LogP contribution in [0, 0.1) is 0 Å². The van der Waals surface area contributed by atoms with Crippen LogP contribution in [-0.2, 0) is 17.6 Å². The van der Waals surface area contributed by atoms with Gasteiger partial charge in [0, 0.05) is 6.42 Å². The highest BCUT2D eigenvalue weighted by Crippen LogP contribution is 2.35. The number of rotatable bonds is 5. The van der Waals surface area contributed by atoms with Crippen molar-refractivity contribution in [3.05, 3.63) is 57.1 Å². The minimum Gasteiger partial charge on any atom is -0.394 e. The van der Waals surface area contributed by atoms with Crippen LogP contribution in [0.3, 0.4) is 0 Å². The number of halogens is 2. The van der Waals surface area contributed by atoms with Gasteiger partial charge in [-0.25, -0.2) is 9.97 Å². The molecule has 2 aromatic rings. The lowest BCUT2D eigenvalue weighted by molar-refractivity contribution is -0.232. The Morgan fingerprint density at radius 3 is 2.18 bits per heavy atom. The molecule has 0 aliphatic carbocycles. The number of hydrogen-bond acceptors (Lipinski definition) is 7. The normalized spacial score (nSPS) is 27.8. The van der Waals surface area contributed by atoms with Gasteiger partial charge < -0.3 is 25.2 Å². The van der Waals surface area contributed by atoms with E-state index < -0.39 is 37.1 Å². The molecule has 0 amide bonds. The number of aryl methyl sites for hydroxylation is 1. The van der Waals surface area contributed by atoms with Crippen LogP contribution in [0.15, 0.2) is 24.3 Å². The summed E-state index contributed by atoms with van der Waals surface area (Å²) in [6.45, 7) is 1.53. The van der Waals surface area contributed by atoms with Gasteiger partial charge in [-0.1, -0.05) is 54.4 Å². The number of nitrogens with zero attached hydrogens (tertiary/aromatic N) is 2. The Hall–Kier alpha value is -1.32.